The summed E-state index contributed by atoms with van der Waals surface area (Å²) in [6, 6.07) is 0. The smallest absolute Gasteiger partial charge is 1.00 e. The summed E-state index contributed by atoms with van der Waals surface area (Å²) in [6.45, 7) is 11.7. The Labute approximate surface area is 85.0 Å². The van der Waals surface area contributed by atoms with Crippen molar-refractivity contribution in [2.24, 2.45) is 11.8 Å². The summed E-state index contributed by atoms with van der Waals surface area (Å²) >= 11 is 0. The second kappa shape index (κ2) is 8.99. The van der Waals surface area contributed by atoms with Crippen LogP contribution < -0.4 is 17.0 Å². The molecule has 0 saturated heterocycles. The Hall–Kier alpha value is 0.986. The maximum absolute atomic E-state index is 3.84. The Morgan fingerprint density at radius 1 is 1.44 bits per heavy atom. The summed E-state index contributed by atoms with van der Waals surface area (Å²) in [7, 11) is 0. The van der Waals surface area contributed by atoms with E-state index in [1.165, 1.54) is 0 Å². The van der Waals surface area contributed by atoms with Gasteiger partial charge in [-0.3, -0.25) is 0 Å². The Morgan fingerprint density at radius 2 is 1.78 bits per heavy atom. The topological polar surface area (TPSA) is 0 Å². The van der Waals surface area contributed by atoms with E-state index < -0.39 is 0 Å². The minimum absolute atomic E-state index is 0. The molecule has 0 aromatic rings. The fourth-order valence-electron chi connectivity index (χ4n) is 0.272. The van der Waals surface area contributed by atoms with Crippen LogP contribution >= 0.6 is 0 Å². The summed E-state index contributed by atoms with van der Waals surface area (Å²) in [5, 5.41) is 0. The third-order valence-electron chi connectivity index (χ3n) is 1.16. The quantitative estimate of drug-likeness (QED) is 0.302. The van der Waals surface area contributed by atoms with Crippen molar-refractivity contribution in [3.05, 3.63) is 19.6 Å². The normalized spacial score (nSPS) is 11.1. The SMILES string of the molecule is C=C[C@H]([CH2-])C(C)C.[Br-].[Mg+2]. The number of allylic oxidation sites excluding steroid dienone is 1. The van der Waals surface area contributed by atoms with Gasteiger partial charge in [0.1, 0.15) is 0 Å². The molecule has 0 aliphatic carbocycles. The molecule has 50 valence electrons. The van der Waals surface area contributed by atoms with Crippen LogP contribution in [0.5, 0.6) is 0 Å². The standard InChI is InChI=1S/C7H13.BrH.Mg/c1-5-7(4)6(2)3;;/h5-7H,1,4H2,2-3H3;1H;/q-1;;+2/p-1/t7-;;/m0../s1. The molecule has 0 rings (SSSR count). The van der Waals surface area contributed by atoms with Gasteiger partial charge < -0.3 is 23.9 Å². The summed E-state index contributed by atoms with van der Waals surface area (Å²) in [5.74, 6) is 1.05. The molecule has 0 bridgehead atoms. The van der Waals surface area contributed by atoms with E-state index >= 15 is 0 Å². The maximum Gasteiger partial charge on any atom is 2.00 e. The fourth-order valence-corrected chi connectivity index (χ4v) is 0.272. The number of hydrogen-bond donors (Lipinski definition) is 0. The van der Waals surface area contributed by atoms with Crippen LogP contribution in [0.1, 0.15) is 13.8 Å². The molecular weight excluding hydrogens is 188 g/mol. The monoisotopic (exact) mass is 200 g/mol. The van der Waals surface area contributed by atoms with Gasteiger partial charge in [-0.1, -0.05) is 19.8 Å². The van der Waals surface area contributed by atoms with Crippen LogP contribution in [0, 0.1) is 18.8 Å². The first-order valence-corrected chi connectivity index (χ1v) is 2.64. The largest absolute Gasteiger partial charge is 2.00 e. The maximum atomic E-state index is 3.84. The number of hydrogen-bond acceptors (Lipinski definition) is 0. The van der Waals surface area contributed by atoms with E-state index in [4.69, 9.17) is 0 Å². The summed E-state index contributed by atoms with van der Waals surface area (Å²) in [6.07, 6.45) is 1.88. The van der Waals surface area contributed by atoms with E-state index in [1.54, 1.807) is 0 Å². The molecule has 9 heavy (non-hydrogen) atoms. The van der Waals surface area contributed by atoms with Gasteiger partial charge in [-0.2, -0.15) is 0 Å². The van der Waals surface area contributed by atoms with E-state index in [1.807, 2.05) is 6.08 Å². The van der Waals surface area contributed by atoms with Crippen LogP contribution in [-0.4, -0.2) is 23.1 Å². The van der Waals surface area contributed by atoms with Gasteiger partial charge >= 0.3 is 23.1 Å². The molecule has 0 radical (unpaired) electrons. The van der Waals surface area contributed by atoms with Crippen LogP contribution in [0.15, 0.2) is 12.7 Å². The molecule has 0 fully saturated rings. The molecule has 2 heteroatoms. The van der Waals surface area contributed by atoms with E-state index in [0.717, 1.165) is 0 Å². The molecule has 0 aliphatic heterocycles. The molecule has 0 unspecified atom stereocenters. The van der Waals surface area contributed by atoms with Gasteiger partial charge in [-0.15, -0.1) is 18.6 Å². The van der Waals surface area contributed by atoms with Gasteiger partial charge in [0.05, 0.1) is 0 Å². The third kappa shape index (κ3) is 8.99. The van der Waals surface area contributed by atoms with Crippen LogP contribution in [0.25, 0.3) is 0 Å². The van der Waals surface area contributed by atoms with E-state index in [2.05, 4.69) is 27.4 Å². The Kier molecular flexibility index (Phi) is 16.5. The van der Waals surface area contributed by atoms with Crippen molar-refractivity contribution >= 4 is 23.1 Å². The molecule has 0 aliphatic rings. The fraction of sp³-hybridized carbons (Fsp3) is 0.571. The summed E-state index contributed by atoms with van der Waals surface area (Å²) in [5.41, 5.74) is 0. The summed E-state index contributed by atoms with van der Waals surface area (Å²) in [4.78, 5) is 0. The van der Waals surface area contributed by atoms with Gasteiger partial charge in [0, 0.05) is 0 Å². The molecule has 0 nitrogen and oxygen atoms in total. The average Bonchev–Trinajstić information content (AvgIpc) is 1.65. The van der Waals surface area contributed by atoms with Crippen LogP contribution in [-0.2, 0) is 0 Å². The molecule has 0 spiro atoms. The predicted octanol–water partition coefficient (Wildman–Crippen LogP) is -1.10. The van der Waals surface area contributed by atoms with Crippen molar-refractivity contribution in [1.29, 1.82) is 0 Å². The first-order chi connectivity index (χ1) is 3.18. The summed E-state index contributed by atoms with van der Waals surface area (Å²) < 4.78 is 0. The van der Waals surface area contributed by atoms with E-state index in [9.17, 15) is 0 Å². The van der Waals surface area contributed by atoms with Crippen molar-refractivity contribution in [3.63, 3.8) is 0 Å². The minimum atomic E-state index is 0. The third-order valence-corrected chi connectivity index (χ3v) is 1.16. The van der Waals surface area contributed by atoms with Crippen molar-refractivity contribution in [2.45, 2.75) is 13.8 Å². The zero-order valence-corrected chi connectivity index (χ0v) is 9.23. The predicted molar refractivity (Wildman–Crippen MR) is 39.6 cm³/mol. The Morgan fingerprint density at radius 3 is 1.78 bits per heavy atom. The molecule has 0 saturated carbocycles. The van der Waals surface area contributed by atoms with Gasteiger partial charge in [0.25, 0.3) is 0 Å². The number of rotatable bonds is 2. The zero-order chi connectivity index (χ0) is 5.86. The molecular formula is C7H13BrMg. The zero-order valence-electron chi connectivity index (χ0n) is 6.23. The molecule has 0 aromatic heterocycles. The number of halogens is 1. The first kappa shape index (κ1) is 16.5. The van der Waals surface area contributed by atoms with Crippen molar-refractivity contribution in [1.82, 2.24) is 0 Å². The van der Waals surface area contributed by atoms with Gasteiger partial charge in [-0.05, 0) is 0 Å². The van der Waals surface area contributed by atoms with E-state index in [-0.39, 0.29) is 40.0 Å². The second-order valence-corrected chi connectivity index (χ2v) is 2.14. The molecule has 0 N–H and O–H groups in total. The van der Waals surface area contributed by atoms with Gasteiger partial charge in [-0.25, -0.2) is 0 Å². The molecule has 0 heterocycles. The van der Waals surface area contributed by atoms with Crippen LogP contribution in [0.3, 0.4) is 0 Å². The van der Waals surface area contributed by atoms with Crippen molar-refractivity contribution < 1.29 is 17.0 Å². The molecule has 1 atom stereocenters. The van der Waals surface area contributed by atoms with Gasteiger partial charge in [0.15, 0.2) is 0 Å². The minimum Gasteiger partial charge on any atom is -1.00 e. The molecule has 0 amide bonds. The van der Waals surface area contributed by atoms with E-state index in [0.29, 0.717) is 11.8 Å². The van der Waals surface area contributed by atoms with Crippen molar-refractivity contribution in [2.75, 3.05) is 0 Å². The van der Waals surface area contributed by atoms with Gasteiger partial charge in [0.2, 0.25) is 0 Å². The average molecular weight is 201 g/mol. The van der Waals surface area contributed by atoms with Crippen LogP contribution in [0.2, 0.25) is 0 Å². The van der Waals surface area contributed by atoms with Crippen LogP contribution in [0.4, 0.5) is 0 Å². The second-order valence-electron chi connectivity index (χ2n) is 2.14. The Bertz CT molecular complexity index is 61.9. The molecule has 0 aromatic carbocycles. The van der Waals surface area contributed by atoms with Crippen molar-refractivity contribution in [3.8, 4) is 0 Å². The first-order valence-electron chi connectivity index (χ1n) is 2.64. The Balaban J connectivity index is -0.000000180.